The molecule has 0 N–H and O–H groups in total. The van der Waals surface area contributed by atoms with E-state index in [4.69, 9.17) is 4.74 Å². The Hall–Kier alpha value is -2.42. The molecule has 1 aliphatic rings. The molecule has 0 bridgehead atoms. The number of carbonyl (C=O) groups is 2. The summed E-state index contributed by atoms with van der Waals surface area (Å²) in [4.78, 5) is 23.4. The van der Waals surface area contributed by atoms with Gasteiger partial charge in [-0.1, -0.05) is 36.4 Å². The predicted molar refractivity (Wildman–Crippen MR) is 77.3 cm³/mol. The SMILES string of the molecule is CC(=O)C1C=CC=C(C(=O)Oc2cccc(C)c2)C=C1. The van der Waals surface area contributed by atoms with Crippen LogP contribution in [-0.4, -0.2) is 11.8 Å². The number of ether oxygens (including phenoxy) is 1. The topological polar surface area (TPSA) is 43.4 Å². The van der Waals surface area contributed by atoms with E-state index >= 15 is 0 Å². The molecule has 2 rings (SSSR count). The molecule has 102 valence electrons. The molecule has 1 atom stereocenters. The lowest BCUT2D eigenvalue weighted by atomic mass is 10.1. The number of aryl methyl sites for hydroxylation is 1. The van der Waals surface area contributed by atoms with E-state index in [9.17, 15) is 9.59 Å². The minimum Gasteiger partial charge on any atom is -0.423 e. The molecular weight excluding hydrogens is 252 g/mol. The second-order valence-corrected chi connectivity index (χ2v) is 4.71. The molecule has 0 radical (unpaired) electrons. The normalized spacial score (nSPS) is 17.3. The zero-order valence-corrected chi connectivity index (χ0v) is 11.5. The highest BCUT2D eigenvalue weighted by Crippen LogP contribution is 2.16. The zero-order chi connectivity index (χ0) is 14.5. The number of benzene rings is 1. The number of rotatable bonds is 3. The Labute approximate surface area is 118 Å². The summed E-state index contributed by atoms with van der Waals surface area (Å²) in [7, 11) is 0. The van der Waals surface area contributed by atoms with Crippen molar-refractivity contribution in [1.82, 2.24) is 0 Å². The van der Waals surface area contributed by atoms with E-state index < -0.39 is 5.97 Å². The van der Waals surface area contributed by atoms with Gasteiger partial charge in [0.1, 0.15) is 11.5 Å². The highest BCUT2D eigenvalue weighted by atomic mass is 16.5. The van der Waals surface area contributed by atoms with Crippen molar-refractivity contribution < 1.29 is 14.3 Å². The fourth-order valence-corrected chi connectivity index (χ4v) is 1.86. The van der Waals surface area contributed by atoms with Gasteiger partial charge in [-0.05, 0) is 37.6 Å². The van der Waals surface area contributed by atoms with Crippen LogP contribution in [0.1, 0.15) is 12.5 Å². The molecule has 1 unspecified atom stereocenters. The summed E-state index contributed by atoms with van der Waals surface area (Å²) >= 11 is 0. The van der Waals surface area contributed by atoms with Crippen molar-refractivity contribution in [2.45, 2.75) is 13.8 Å². The third-order valence-electron chi connectivity index (χ3n) is 2.98. The van der Waals surface area contributed by atoms with Crippen LogP contribution in [0.4, 0.5) is 0 Å². The van der Waals surface area contributed by atoms with Gasteiger partial charge in [0.2, 0.25) is 0 Å². The maximum absolute atomic E-state index is 12.0. The van der Waals surface area contributed by atoms with E-state index in [-0.39, 0.29) is 11.7 Å². The summed E-state index contributed by atoms with van der Waals surface area (Å²) < 4.78 is 5.31. The van der Waals surface area contributed by atoms with Crippen molar-refractivity contribution >= 4 is 11.8 Å². The van der Waals surface area contributed by atoms with Crippen LogP contribution in [0.15, 0.2) is 60.2 Å². The van der Waals surface area contributed by atoms with Crippen molar-refractivity contribution in [3.63, 3.8) is 0 Å². The molecule has 0 saturated heterocycles. The third-order valence-corrected chi connectivity index (χ3v) is 2.98. The van der Waals surface area contributed by atoms with Gasteiger partial charge in [0.15, 0.2) is 0 Å². The largest absolute Gasteiger partial charge is 0.423 e. The van der Waals surface area contributed by atoms with Crippen molar-refractivity contribution in [3.8, 4) is 5.75 Å². The van der Waals surface area contributed by atoms with Crippen molar-refractivity contribution in [1.29, 1.82) is 0 Å². The van der Waals surface area contributed by atoms with Gasteiger partial charge < -0.3 is 4.74 Å². The highest BCUT2D eigenvalue weighted by Gasteiger charge is 2.13. The molecule has 1 aromatic rings. The van der Waals surface area contributed by atoms with E-state index in [2.05, 4.69) is 0 Å². The minimum absolute atomic E-state index is 0.0409. The van der Waals surface area contributed by atoms with Crippen LogP contribution >= 0.6 is 0 Å². The summed E-state index contributed by atoms with van der Waals surface area (Å²) in [5, 5.41) is 0. The number of hydrogen-bond acceptors (Lipinski definition) is 3. The molecule has 3 nitrogen and oxygen atoms in total. The molecule has 0 saturated carbocycles. The molecule has 1 aromatic carbocycles. The summed E-state index contributed by atoms with van der Waals surface area (Å²) in [6.07, 6.45) is 8.45. The maximum Gasteiger partial charge on any atom is 0.343 e. The third kappa shape index (κ3) is 3.54. The zero-order valence-electron chi connectivity index (χ0n) is 11.5. The Bertz CT molecular complexity index is 621. The molecule has 3 heteroatoms. The van der Waals surface area contributed by atoms with Gasteiger partial charge in [-0.2, -0.15) is 0 Å². The fourth-order valence-electron chi connectivity index (χ4n) is 1.86. The Morgan fingerprint density at radius 3 is 2.70 bits per heavy atom. The molecule has 0 aromatic heterocycles. The second kappa shape index (κ2) is 6.15. The Morgan fingerprint density at radius 1 is 1.20 bits per heavy atom. The van der Waals surface area contributed by atoms with Gasteiger partial charge in [0.05, 0.1) is 11.5 Å². The minimum atomic E-state index is -0.430. The second-order valence-electron chi connectivity index (χ2n) is 4.71. The van der Waals surface area contributed by atoms with Gasteiger partial charge in [-0.15, -0.1) is 0 Å². The summed E-state index contributed by atoms with van der Waals surface area (Å²) in [5.74, 6) is -0.156. The molecule has 0 aliphatic heterocycles. The van der Waals surface area contributed by atoms with Crippen LogP contribution in [-0.2, 0) is 9.59 Å². The number of hydrogen-bond donors (Lipinski definition) is 0. The van der Waals surface area contributed by atoms with Crippen LogP contribution in [0.3, 0.4) is 0 Å². The Kier molecular flexibility index (Phi) is 4.31. The average Bonchev–Trinajstić information content (AvgIpc) is 2.64. The maximum atomic E-state index is 12.0. The summed E-state index contributed by atoms with van der Waals surface area (Å²) in [6, 6.07) is 7.30. The van der Waals surface area contributed by atoms with E-state index in [1.807, 2.05) is 19.1 Å². The lowest BCUT2D eigenvalue weighted by molar-refractivity contribution is -0.129. The van der Waals surface area contributed by atoms with E-state index in [0.29, 0.717) is 11.3 Å². The molecule has 0 fully saturated rings. The quantitative estimate of drug-likeness (QED) is 0.624. The number of Topliss-reactive ketones (excluding diaryl/α,β-unsaturated/α-hetero) is 1. The molecular formula is C17H16O3. The van der Waals surface area contributed by atoms with Crippen LogP contribution in [0, 0.1) is 12.8 Å². The first-order valence-corrected chi connectivity index (χ1v) is 6.42. The van der Waals surface area contributed by atoms with E-state index in [0.717, 1.165) is 5.56 Å². The number of ketones is 1. The predicted octanol–water partition coefficient (Wildman–Crippen LogP) is 3.16. The van der Waals surface area contributed by atoms with E-state index in [1.54, 1.807) is 42.5 Å². The fraction of sp³-hybridized carbons (Fsp3) is 0.176. The first-order valence-electron chi connectivity index (χ1n) is 6.42. The first-order chi connectivity index (χ1) is 9.56. The first kappa shape index (κ1) is 14.0. The number of carbonyl (C=O) groups excluding carboxylic acids is 2. The van der Waals surface area contributed by atoms with Gasteiger partial charge in [-0.25, -0.2) is 4.79 Å². The van der Waals surface area contributed by atoms with Gasteiger partial charge in [0.25, 0.3) is 0 Å². The van der Waals surface area contributed by atoms with Crippen LogP contribution in [0.5, 0.6) is 5.75 Å². The Morgan fingerprint density at radius 2 is 2.00 bits per heavy atom. The standard InChI is InChI=1S/C17H16O3/c1-12-5-3-8-16(11-12)20-17(19)15-7-4-6-14(9-10-15)13(2)18/h3-11,14H,1-2H3. The molecule has 0 heterocycles. The highest BCUT2D eigenvalue weighted by molar-refractivity contribution is 5.94. The number of allylic oxidation sites excluding steroid dienone is 4. The van der Waals surface area contributed by atoms with Crippen LogP contribution in [0.2, 0.25) is 0 Å². The lowest BCUT2D eigenvalue weighted by Gasteiger charge is -2.05. The van der Waals surface area contributed by atoms with Crippen molar-refractivity contribution in [2.24, 2.45) is 5.92 Å². The van der Waals surface area contributed by atoms with Crippen LogP contribution in [0.25, 0.3) is 0 Å². The lowest BCUT2D eigenvalue weighted by Crippen LogP contribution is -2.10. The summed E-state index contributed by atoms with van der Waals surface area (Å²) in [5.41, 5.74) is 1.45. The Balaban J connectivity index is 2.11. The summed E-state index contributed by atoms with van der Waals surface area (Å²) in [6.45, 7) is 3.46. The molecule has 0 spiro atoms. The van der Waals surface area contributed by atoms with Crippen LogP contribution < -0.4 is 4.74 Å². The average molecular weight is 268 g/mol. The van der Waals surface area contributed by atoms with Gasteiger partial charge in [-0.3, -0.25) is 4.79 Å². The number of esters is 1. The van der Waals surface area contributed by atoms with Crippen molar-refractivity contribution in [3.05, 3.63) is 65.8 Å². The van der Waals surface area contributed by atoms with E-state index in [1.165, 1.54) is 6.92 Å². The van der Waals surface area contributed by atoms with Gasteiger partial charge >= 0.3 is 5.97 Å². The smallest absolute Gasteiger partial charge is 0.343 e. The van der Waals surface area contributed by atoms with Gasteiger partial charge in [0, 0.05) is 0 Å². The molecule has 0 amide bonds. The van der Waals surface area contributed by atoms with Crippen molar-refractivity contribution in [2.75, 3.05) is 0 Å². The molecule has 20 heavy (non-hydrogen) atoms. The molecule has 1 aliphatic carbocycles. The monoisotopic (exact) mass is 268 g/mol.